The molecule has 0 amide bonds. The Morgan fingerprint density at radius 1 is 0.526 bits per heavy atom. The highest BCUT2D eigenvalue weighted by Crippen LogP contribution is 2.45. The molecule has 1 aliphatic heterocycles. The number of benzene rings is 8. The summed E-state index contributed by atoms with van der Waals surface area (Å²) < 4.78 is 11.7. The van der Waals surface area contributed by atoms with E-state index in [1.807, 2.05) is 41.7 Å². The molecule has 1 aliphatic rings. The minimum Gasteiger partial charge on any atom is -0.455 e. The van der Waals surface area contributed by atoms with Crippen molar-refractivity contribution in [3.8, 4) is 16.8 Å². The SMILES string of the molecule is c1ccc(C2=NC(c3ccc4c5ccccc5n(-c5cc(-c6cccc7c6sc6ccccc67)c6oc7ccccc7c6c5)c4c3)=NC(c3ccccc3)N2)cc1. The van der Waals surface area contributed by atoms with Gasteiger partial charge in [0.1, 0.15) is 23.2 Å². The Balaban J connectivity index is 1.12. The number of aliphatic imine (C=N–C) groups is 2. The Kier molecular flexibility index (Phi) is 7.09. The highest BCUT2D eigenvalue weighted by Gasteiger charge is 2.24. The van der Waals surface area contributed by atoms with Crippen LogP contribution >= 0.6 is 11.3 Å². The Hall–Kier alpha value is -7.28. The second-order valence-corrected chi connectivity index (χ2v) is 15.6. The first-order valence-electron chi connectivity index (χ1n) is 19.2. The van der Waals surface area contributed by atoms with Gasteiger partial charge in [-0.3, -0.25) is 0 Å². The number of para-hydroxylation sites is 2. The van der Waals surface area contributed by atoms with Crippen molar-refractivity contribution in [1.29, 1.82) is 0 Å². The first kappa shape index (κ1) is 32.0. The lowest BCUT2D eigenvalue weighted by Gasteiger charge is -2.23. The molecular formula is C51H32N4OS. The van der Waals surface area contributed by atoms with Gasteiger partial charge in [-0.2, -0.15) is 0 Å². The van der Waals surface area contributed by atoms with E-state index in [9.17, 15) is 0 Å². The molecule has 0 radical (unpaired) electrons. The summed E-state index contributed by atoms with van der Waals surface area (Å²) in [5.41, 5.74) is 10.3. The fourth-order valence-corrected chi connectivity index (χ4v) is 9.85. The molecule has 1 unspecified atom stereocenters. The second-order valence-electron chi connectivity index (χ2n) is 14.6. The van der Waals surface area contributed by atoms with Crippen molar-refractivity contribution < 1.29 is 4.42 Å². The van der Waals surface area contributed by atoms with Crippen molar-refractivity contribution in [1.82, 2.24) is 9.88 Å². The number of nitrogens with one attached hydrogen (secondary N) is 1. The lowest BCUT2D eigenvalue weighted by molar-refractivity contribution is 0.670. The lowest BCUT2D eigenvalue weighted by Crippen LogP contribution is -2.33. The molecule has 0 spiro atoms. The highest BCUT2D eigenvalue weighted by molar-refractivity contribution is 7.26. The number of rotatable bonds is 5. The van der Waals surface area contributed by atoms with Crippen LogP contribution < -0.4 is 5.32 Å². The van der Waals surface area contributed by atoms with Gasteiger partial charge in [0.25, 0.3) is 0 Å². The normalized spacial score (nSPS) is 14.5. The van der Waals surface area contributed by atoms with Gasteiger partial charge in [-0.25, -0.2) is 9.98 Å². The van der Waals surface area contributed by atoms with Gasteiger partial charge in [-0.05, 0) is 42.0 Å². The average molecular weight is 749 g/mol. The molecule has 8 aromatic carbocycles. The summed E-state index contributed by atoms with van der Waals surface area (Å²) in [6, 6.07) is 64.4. The second kappa shape index (κ2) is 12.6. The summed E-state index contributed by atoms with van der Waals surface area (Å²) in [5.74, 6) is 1.49. The summed E-state index contributed by atoms with van der Waals surface area (Å²) in [6.45, 7) is 0. The van der Waals surface area contributed by atoms with Crippen molar-refractivity contribution >= 4 is 86.9 Å². The van der Waals surface area contributed by atoms with Crippen LogP contribution in [0.3, 0.4) is 0 Å². The van der Waals surface area contributed by atoms with E-state index in [0.29, 0.717) is 5.84 Å². The number of nitrogens with zero attached hydrogens (tertiary/aromatic N) is 3. The van der Waals surface area contributed by atoms with E-state index in [0.717, 1.165) is 66.7 Å². The smallest absolute Gasteiger partial charge is 0.159 e. The van der Waals surface area contributed by atoms with Crippen molar-refractivity contribution in [2.45, 2.75) is 6.17 Å². The fraction of sp³-hybridized carbons (Fsp3) is 0.0196. The Morgan fingerprint density at radius 3 is 2.12 bits per heavy atom. The average Bonchev–Trinajstić information content (AvgIpc) is 3.96. The van der Waals surface area contributed by atoms with Crippen LogP contribution in [0.1, 0.15) is 22.9 Å². The van der Waals surface area contributed by atoms with E-state index in [-0.39, 0.29) is 6.17 Å². The van der Waals surface area contributed by atoms with Crippen LogP contribution in [0.5, 0.6) is 0 Å². The maximum atomic E-state index is 6.76. The van der Waals surface area contributed by atoms with E-state index < -0.39 is 0 Å². The molecule has 1 N–H and O–H groups in total. The van der Waals surface area contributed by atoms with Crippen molar-refractivity contribution in [2.24, 2.45) is 9.98 Å². The molecule has 3 aromatic heterocycles. The third kappa shape index (κ3) is 5.08. The Morgan fingerprint density at radius 2 is 1.25 bits per heavy atom. The van der Waals surface area contributed by atoms with Gasteiger partial charge in [0.15, 0.2) is 5.84 Å². The van der Waals surface area contributed by atoms with Crippen LogP contribution in [0.4, 0.5) is 0 Å². The maximum Gasteiger partial charge on any atom is 0.159 e. The number of amidine groups is 2. The Labute approximate surface area is 331 Å². The summed E-state index contributed by atoms with van der Waals surface area (Å²) in [7, 11) is 0. The Bertz CT molecular complexity index is 3450. The van der Waals surface area contributed by atoms with Gasteiger partial charge < -0.3 is 14.3 Å². The number of fused-ring (bicyclic) bond motifs is 9. The van der Waals surface area contributed by atoms with E-state index in [1.54, 1.807) is 0 Å². The van der Waals surface area contributed by atoms with E-state index in [1.165, 1.54) is 36.5 Å². The zero-order chi connectivity index (χ0) is 37.5. The highest BCUT2D eigenvalue weighted by atomic mass is 32.1. The molecule has 5 nitrogen and oxygen atoms in total. The first-order chi connectivity index (χ1) is 28.2. The molecular weight excluding hydrogens is 717 g/mol. The standard InChI is InChI=1S/C51H32N4OS/c1-3-14-31(15-4-1)49-52-50(32-16-5-2-6-17-32)54-51(53-49)33-26-27-36-35-18-7-10-23-43(35)55(44(36)28-33)34-29-41-37-19-8-11-24-45(37)56-47(41)42(30-34)40-22-13-21-39-38-20-9-12-25-46(38)57-48(39)40/h1-30,49H,(H,52,53,54). The zero-order valence-electron chi connectivity index (χ0n) is 30.6. The summed E-state index contributed by atoms with van der Waals surface area (Å²) >= 11 is 1.84. The minimum absolute atomic E-state index is 0.286. The fourth-order valence-electron chi connectivity index (χ4n) is 8.62. The molecule has 0 saturated heterocycles. The number of aromatic nitrogens is 1. The molecule has 4 heterocycles. The number of furan rings is 1. The van der Waals surface area contributed by atoms with Crippen LogP contribution in [0.15, 0.2) is 196 Å². The number of thiophene rings is 1. The van der Waals surface area contributed by atoms with Gasteiger partial charge in [0.2, 0.25) is 0 Å². The van der Waals surface area contributed by atoms with E-state index in [4.69, 9.17) is 14.4 Å². The first-order valence-corrected chi connectivity index (χ1v) is 20.0. The predicted octanol–water partition coefficient (Wildman–Crippen LogP) is 13.2. The van der Waals surface area contributed by atoms with Crippen molar-refractivity contribution in [3.05, 3.63) is 199 Å². The summed E-state index contributed by atoms with van der Waals surface area (Å²) in [5, 5.41) is 10.7. The zero-order valence-corrected chi connectivity index (χ0v) is 31.4. The lowest BCUT2D eigenvalue weighted by atomic mass is 9.99. The minimum atomic E-state index is -0.286. The molecule has 57 heavy (non-hydrogen) atoms. The van der Waals surface area contributed by atoms with Gasteiger partial charge in [0, 0.05) is 69.7 Å². The quantitative estimate of drug-likeness (QED) is 0.191. The number of hydrogen-bond acceptors (Lipinski definition) is 5. The maximum absolute atomic E-state index is 6.76. The summed E-state index contributed by atoms with van der Waals surface area (Å²) in [6.07, 6.45) is -0.286. The topological polar surface area (TPSA) is 54.8 Å². The molecule has 0 fully saturated rings. The van der Waals surface area contributed by atoms with E-state index in [2.05, 4.69) is 162 Å². The van der Waals surface area contributed by atoms with Gasteiger partial charge in [-0.15, -0.1) is 11.3 Å². The van der Waals surface area contributed by atoms with Crippen LogP contribution in [0.25, 0.3) is 80.7 Å². The van der Waals surface area contributed by atoms with Crippen LogP contribution in [-0.2, 0) is 0 Å². The molecule has 0 aliphatic carbocycles. The largest absolute Gasteiger partial charge is 0.455 e. The number of hydrogen-bond donors (Lipinski definition) is 1. The molecule has 11 aromatic rings. The molecule has 0 saturated carbocycles. The van der Waals surface area contributed by atoms with Crippen LogP contribution in [0, 0.1) is 0 Å². The molecule has 12 rings (SSSR count). The third-order valence-corrected chi connectivity index (χ3v) is 12.5. The van der Waals surface area contributed by atoms with Crippen LogP contribution in [0.2, 0.25) is 0 Å². The van der Waals surface area contributed by atoms with Gasteiger partial charge >= 0.3 is 0 Å². The third-order valence-electron chi connectivity index (χ3n) is 11.3. The van der Waals surface area contributed by atoms with Gasteiger partial charge in [0.05, 0.1) is 11.0 Å². The van der Waals surface area contributed by atoms with Crippen molar-refractivity contribution in [3.63, 3.8) is 0 Å². The molecule has 0 bridgehead atoms. The summed E-state index contributed by atoms with van der Waals surface area (Å²) in [4.78, 5) is 10.4. The van der Waals surface area contributed by atoms with Crippen LogP contribution in [-0.4, -0.2) is 16.2 Å². The monoisotopic (exact) mass is 748 g/mol. The molecule has 268 valence electrons. The predicted molar refractivity (Wildman–Crippen MR) is 238 cm³/mol. The van der Waals surface area contributed by atoms with E-state index >= 15 is 0 Å². The van der Waals surface area contributed by atoms with Crippen molar-refractivity contribution in [2.75, 3.05) is 0 Å². The molecule has 1 atom stereocenters. The van der Waals surface area contributed by atoms with Gasteiger partial charge in [-0.1, -0.05) is 146 Å². The molecule has 6 heteroatoms.